The van der Waals surface area contributed by atoms with Crippen LogP contribution in [0.5, 0.6) is 0 Å². The fourth-order valence-electron chi connectivity index (χ4n) is 1.70. The van der Waals surface area contributed by atoms with Crippen LogP contribution in [0.4, 0.5) is 4.79 Å². The Morgan fingerprint density at radius 1 is 1.60 bits per heavy atom. The quantitative estimate of drug-likeness (QED) is 0.432. The molecule has 1 N–H and O–H groups in total. The van der Waals surface area contributed by atoms with E-state index < -0.39 is 6.09 Å². The summed E-state index contributed by atoms with van der Waals surface area (Å²) >= 11 is 0. The van der Waals surface area contributed by atoms with E-state index in [4.69, 9.17) is 10.3 Å². The van der Waals surface area contributed by atoms with Gasteiger partial charge in [0.25, 0.3) is 0 Å². The summed E-state index contributed by atoms with van der Waals surface area (Å²) in [6.45, 7) is 7.67. The fraction of sp³-hybridized carbons (Fsp3) is 0.889. The number of carbonyl (C=O) groups is 1. The van der Waals surface area contributed by atoms with Gasteiger partial charge >= 0.3 is 6.09 Å². The van der Waals surface area contributed by atoms with Crippen LogP contribution in [-0.4, -0.2) is 24.3 Å². The normalized spacial score (nSPS) is 27.6. The highest BCUT2D eigenvalue weighted by Crippen LogP contribution is 2.29. The molecule has 1 aliphatic rings. The smallest absolute Gasteiger partial charge is 0.407 e. The van der Waals surface area contributed by atoms with E-state index in [9.17, 15) is 4.79 Å². The van der Waals surface area contributed by atoms with Gasteiger partial charge in [0.1, 0.15) is 6.10 Å². The number of cyclic esters (lactones) is 1. The molecule has 15 heavy (non-hydrogen) atoms. The lowest BCUT2D eigenvalue weighted by atomic mass is 9.81. The molecule has 1 saturated heterocycles. The minimum Gasteiger partial charge on any atom is -0.444 e. The summed E-state index contributed by atoms with van der Waals surface area (Å²) in [4.78, 5) is 13.9. The number of rotatable bonds is 2. The molecular formula is C9H16N4O2. The minimum atomic E-state index is -0.449. The lowest BCUT2D eigenvalue weighted by Gasteiger charge is -2.31. The van der Waals surface area contributed by atoms with Crippen molar-refractivity contribution in [1.82, 2.24) is 5.32 Å². The topological polar surface area (TPSA) is 87.1 Å². The van der Waals surface area contributed by atoms with Crippen molar-refractivity contribution in [2.45, 2.75) is 45.9 Å². The molecule has 1 amide bonds. The molecular weight excluding hydrogens is 196 g/mol. The first-order valence-corrected chi connectivity index (χ1v) is 4.87. The number of hydrogen-bond acceptors (Lipinski definition) is 3. The van der Waals surface area contributed by atoms with E-state index in [-0.39, 0.29) is 23.6 Å². The number of carbonyl (C=O) groups excluding carboxylic acids is 1. The molecule has 0 radical (unpaired) electrons. The molecule has 84 valence electrons. The Balaban J connectivity index is 2.90. The molecule has 0 unspecified atom stereocenters. The lowest BCUT2D eigenvalue weighted by Crippen LogP contribution is -2.46. The third-order valence-corrected chi connectivity index (χ3v) is 2.49. The standard InChI is InChI=1S/C9H16N4O2/c1-5-6(11-8(14)15-5)7(12-13-10)9(2,3)4/h5-7H,1-4H3,(H,11,14)/t5-,6+,7+/m0/s1. The molecule has 0 saturated carbocycles. The van der Waals surface area contributed by atoms with Gasteiger partial charge in [0, 0.05) is 4.91 Å². The number of amides is 1. The van der Waals surface area contributed by atoms with Crippen LogP contribution >= 0.6 is 0 Å². The zero-order chi connectivity index (χ0) is 11.6. The Hall–Kier alpha value is -1.42. The first kappa shape index (κ1) is 11.7. The van der Waals surface area contributed by atoms with E-state index in [1.165, 1.54) is 0 Å². The van der Waals surface area contributed by atoms with E-state index in [1.54, 1.807) is 6.92 Å². The molecule has 0 bridgehead atoms. The SMILES string of the molecule is C[C@@H]1OC(=O)N[C@H]1[C@@H](N=[N+]=[N-])C(C)(C)C. The van der Waals surface area contributed by atoms with Crippen molar-refractivity contribution in [3.05, 3.63) is 10.4 Å². The van der Waals surface area contributed by atoms with Gasteiger partial charge in [-0.15, -0.1) is 0 Å². The zero-order valence-corrected chi connectivity index (χ0v) is 9.39. The lowest BCUT2D eigenvalue weighted by molar-refractivity contribution is 0.129. The summed E-state index contributed by atoms with van der Waals surface area (Å²) in [5.41, 5.74) is 8.30. The number of azide groups is 1. The van der Waals surface area contributed by atoms with Crippen molar-refractivity contribution < 1.29 is 9.53 Å². The van der Waals surface area contributed by atoms with Crippen LogP contribution in [0.25, 0.3) is 10.4 Å². The largest absolute Gasteiger partial charge is 0.444 e. The second-order valence-corrected chi connectivity index (χ2v) is 4.80. The third-order valence-electron chi connectivity index (χ3n) is 2.49. The second-order valence-electron chi connectivity index (χ2n) is 4.80. The third kappa shape index (κ3) is 2.53. The molecule has 0 aromatic heterocycles. The van der Waals surface area contributed by atoms with E-state index in [1.807, 2.05) is 20.8 Å². The van der Waals surface area contributed by atoms with Crippen molar-refractivity contribution in [3.63, 3.8) is 0 Å². The van der Waals surface area contributed by atoms with Gasteiger partial charge in [0.15, 0.2) is 0 Å². The molecule has 1 aliphatic heterocycles. The summed E-state index contributed by atoms with van der Waals surface area (Å²) in [6.07, 6.45) is -0.720. The van der Waals surface area contributed by atoms with Gasteiger partial charge in [0.05, 0.1) is 12.1 Å². The van der Waals surface area contributed by atoms with Crippen LogP contribution in [0.15, 0.2) is 5.11 Å². The molecule has 0 aliphatic carbocycles. The van der Waals surface area contributed by atoms with E-state index in [0.717, 1.165) is 0 Å². The van der Waals surface area contributed by atoms with Gasteiger partial charge in [-0.3, -0.25) is 0 Å². The Morgan fingerprint density at radius 3 is 2.53 bits per heavy atom. The summed E-state index contributed by atoms with van der Waals surface area (Å²) in [6, 6.07) is -0.572. The maximum absolute atomic E-state index is 11.0. The van der Waals surface area contributed by atoms with Gasteiger partial charge in [-0.2, -0.15) is 0 Å². The molecule has 0 aromatic carbocycles. The van der Waals surface area contributed by atoms with Crippen LogP contribution < -0.4 is 5.32 Å². The van der Waals surface area contributed by atoms with Crippen molar-refractivity contribution in [2.24, 2.45) is 10.5 Å². The van der Waals surface area contributed by atoms with Crippen LogP contribution in [0.3, 0.4) is 0 Å². The minimum absolute atomic E-state index is 0.216. The highest BCUT2D eigenvalue weighted by atomic mass is 16.6. The molecule has 6 heteroatoms. The number of nitrogens with one attached hydrogen (secondary N) is 1. The fourth-order valence-corrected chi connectivity index (χ4v) is 1.70. The monoisotopic (exact) mass is 212 g/mol. The van der Waals surface area contributed by atoms with Gasteiger partial charge in [0.2, 0.25) is 0 Å². The maximum Gasteiger partial charge on any atom is 0.407 e. The maximum atomic E-state index is 11.0. The summed E-state index contributed by atoms with van der Waals surface area (Å²) in [7, 11) is 0. The predicted octanol–water partition coefficient (Wildman–Crippen LogP) is 2.21. The average molecular weight is 212 g/mol. The Bertz CT molecular complexity index is 304. The number of hydrogen-bond donors (Lipinski definition) is 1. The average Bonchev–Trinajstić information content (AvgIpc) is 2.39. The Kier molecular flexibility index (Phi) is 3.09. The van der Waals surface area contributed by atoms with Crippen LogP contribution in [-0.2, 0) is 4.74 Å². The first-order chi connectivity index (χ1) is 6.86. The molecule has 6 nitrogen and oxygen atoms in total. The number of alkyl carbamates (subject to hydrolysis) is 1. The van der Waals surface area contributed by atoms with Crippen molar-refractivity contribution in [1.29, 1.82) is 0 Å². The summed E-state index contributed by atoms with van der Waals surface area (Å²) in [5, 5.41) is 6.42. The Morgan fingerprint density at radius 2 is 2.20 bits per heavy atom. The highest BCUT2D eigenvalue weighted by molar-refractivity contribution is 5.70. The van der Waals surface area contributed by atoms with Gasteiger partial charge < -0.3 is 10.1 Å². The Labute approximate surface area is 88.6 Å². The molecule has 1 heterocycles. The molecule has 3 atom stereocenters. The van der Waals surface area contributed by atoms with E-state index in [2.05, 4.69) is 15.3 Å². The van der Waals surface area contributed by atoms with Gasteiger partial charge in [-0.1, -0.05) is 25.9 Å². The summed E-state index contributed by atoms with van der Waals surface area (Å²) in [5.74, 6) is 0. The molecule has 1 fully saturated rings. The van der Waals surface area contributed by atoms with Crippen molar-refractivity contribution in [3.8, 4) is 0 Å². The van der Waals surface area contributed by atoms with Crippen LogP contribution in [0.1, 0.15) is 27.7 Å². The van der Waals surface area contributed by atoms with Gasteiger partial charge in [-0.05, 0) is 17.9 Å². The first-order valence-electron chi connectivity index (χ1n) is 4.87. The van der Waals surface area contributed by atoms with Gasteiger partial charge in [-0.25, -0.2) is 4.79 Å². The van der Waals surface area contributed by atoms with Crippen molar-refractivity contribution >= 4 is 6.09 Å². The van der Waals surface area contributed by atoms with Crippen LogP contribution in [0, 0.1) is 5.41 Å². The summed E-state index contributed by atoms with van der Waals surface area (Å²) < 4.78 is 4.96. The highest BCUT2D eigenvalue weighted by Gasteiger charge is 2.41. The molecule has 0 spiro atoms. The van der Waals surface area contributed by atoms with Crippen LogP contribution in [0.2, 0.25) is 0 Å². The molecule has 1 rings (SSSR count). The zero-order valence-electron chi connectivity index (χ0n) is 9.39. The predicted molar refractivity (Wildman–Crippen MR) is 55.3 cm³/mol. The van der Waals surface area contributed by atoms with Crippen molar-refractivity contribution in [2.75, 3.05) is 0 Å². The van der Waals surface area contributed by atoms with E-state index in [0.29, 0.717) is 0 Å². The number of ether oxygens (including phenoxy) is 1. The number of nitrogens with zero attached hydrogens (tertiary/aromatic N) is 3. The molecule has 0 aromatic rings. The second kappa shape index (κ2) is 3.98. The van der Waals surface area contributed by atoms with E-state index >= 15 is 0 Å².